The first-order valence-electron chi connectivity index (χ1n) is 6.81. The van der Waals surface area contributed by atoms with E-state index in [9.17, 15) is 23.2 Å². The zero-order valence-electron chi connectivity index (χ0n) is 12.8. The van der Waals surface area contributed by atoms with Crippen LogP contribution in [0.4, 0.5) is 13.2 Å². The quantitative estimate of drug-likeness (QED) is 0.666. The molecule has 1 aliphatic rings. The van der Waals surface area contributed by atoms with Crippen LogP contribution in [0.1, 0.15) is 17.0 Å². The average molecular weight is 404 g/mol. The van der Waals surface area contributed by atoms with E-state index < -0.39 is 17.3 Å². The maximum Gasteiger partial charge on any atom is 0.421 e. The van der Waals surface area contributed by atoms with Crippen LogP contribution in [0.3, 0.4) is 0 Å². The first-order chi connectivity index (χ1) is 12.8. The SMILES string of the molecule is N#CC(=C1Sc2nc(C#N)c(C#N)nc2S1)n1cccc(C(F)(F)F)c1=O. The lowest BCUT2D eigenvalue weighted by Crippen LogP contribution is -2.27. The summed E-state index contributed by atoms with van der Waals surface area (Å²) in [5.74, 6) is 0. The van der Waals surface area contributed by atoms with E-state index in [0.29, 0.717) is 10.6 Å². The molecule has 0 saturated carbocycles. The maximum absolute atomic E-state index is 13.0. The summed E-state index contributed by atoms with van der Waals surface area (Å²) in [6.45, 7) is 0. The Kier molecular flexibility index (Phi) is 4.66. The van der Waals surface area contributed by atoms with Crippen LogP contribution in [0, 0.1) is 34.0 Å². The number of pyridine rings is 1. The molecule has 132 valence electrons. The Morgan fingerprint density at radius 2 is 1.63 bits per heavy atom. The summed E-state index contributed by atoms with van der Waals surface area (Å²) in [5.41, 5.74) is -3.54. The smallest absolute Gasteiger partial charge is 0.273 e. The molecule has 0 N–H and O–H groups in total. The highest BCUT2D eigenvalue weighted by molar-refractivity contribution is 8.24. The van der Waals surface area contributed by atoms with E-state index in [2.05, 4.69) is 9.97 Å². The van der Waals surface area contributed by atoms with Crippen molar-refractivity contribution in [2.45, 2.75) is 16.2 Å². The highest BCUT2D eigenvalue weighted by Gasteiger charge is 2.35. The average Bonchev–Trinajstić information content (AvgIpc) is 3.03. The van der Waals surface area contributed by atoms with Gasteiger partial charge in [0.15, 0.2) is 11.4 Å². The number of fused-ring (bicyclic) bond motifs is 1. The van der Waals surface area contributed by atoms with Gasteiger partial charge in [0.2, 0.25) is 0 Å². The number of hydrogen-bond acceptors (Lipinski definition) is 8. The fraction of sp³-hybridized carbons (Fsp3) is 0.0667. The van der Waals surface area contributed by atoms with E-state index in [0.717, 1.165) is 35.8 Å². The molecule has 0 amide bonds. The minimum absolute atomic E-state index is 0.160. The zero-order valence-corrected chi connectivity index (χ0v) is 14.4. The number of alkyl halides is 3. The summed E-state index contributed by atoms with van der Waals surface area (Å²) in [6, 6.07) is 6.80. The number of rotatable bonds is 1. The third-order valence-corrected chi connectivity index (χ3v) is 5.56. The van der Waals surface area contributed by atoms with Crippen LogP contribution < -0.4 is 5.56 Å². The van der Waals surface area contributed by atoms with Crippen LogP contribution in [0.15, 0.2) is 37.4 Å². The van der Waals surface area contributed by atoms with Crippen molar-refractivity contribution in [3.63, 3.8) is 0 Å². The fourth-order valence-electron chi connectivity index (χ4n) is 2.07. The first-order valence-corrected chi connectivity index (χ1v) is 8.45. The standard InChI is InChI=1S/C15H3F3N6OS2/c16-15(17,18)7-2-1-3-24(13(7)25)10(6-21)14-26-11-12(27-14)23-9(5-20)8(4-19)22-11/h1-3H. The number of thioether (sulfide) groups is 2. The highest BCUT2D eigenvalue weighted by Crippen LogP contribution is 2.51. The summed E-state index contributed by atoms with van der Waals surface area (Å²) < 4.78 is 39.6. The second-order valence-corrected chi connectivity index (χ2v) is 7.06. The lowest BCUT2D eigenvalue weighted by Gasteiger charge is -2.10. The van der Waals surface area contributed by atoms with E-state index >= 15 is 0 Å². The second kappa shape index (κ2) is 6.80. The molecule has 1 aliphatic heterocycles. The molecule has 3 heterocycles. The van der Waals surface area contributed by atoms with Crippen molar-refractivity contribution in [3.8, 4) is 18.2 Å². The molecule has 0 aliphatic carbocycles. The van der Waals surface area contributed by atoms with Gasteiger partial charge in [-0.1, -0.05) is 23.5 Å². The molecule has 2 aromatic rings. The van der Waals surface area contributed by atoms with E-state index in [1.165, 1.54) is 0 Å². The number of allylic oxidation sites excluding steroid dienone is 1. The Balaban J connectivity index is 2.14. The monoisotopic (exact) mass is 404 g/mol. The maximum atomic E-state index is 13.0. The predicted octanol–water partition coefficient (Wildman–Crippen LogP) is 2.95. The molecule has 0 spiro atoms. The lowest BCUT2D eigenvalue weighted by molar-refractivity contribution is -0.138. The summed E-state index contributed by atoms with van der Waals surface area (Å²) in [5, 5.41) is 27.8. The largest absolute Gasteiger partial charge is 0.421 e. The van der Waals surface area contributed by atoms with Crippen LogP contribution >= 0.6 is 23.5 Å². The summed E-state index contributed by atoms with van der Waals surface area (Å²) >= 11 is 1.76. The van der Waals surface area contributed by atoms with Crippen LogP contribution in [0.5, 0.6) is 0 Å². The van der Waals surface area contributed by atoms with E-state index in [-0.39, 0.29) is 31.4 Å². The third-order valence-electron chi connectivity index (χ3n) is 3.22. The number of halogens is 3. The molecule has 0 bridgehead atoms. The van der Waals surface area contributed by atoms with E-state index in [1.54, 1.807) is 18.2 Å². The van der Waals surface area contributed by atoms with Gasteiger partial charge in [-0.15, -0.1) is 0 Å². The molecule has 27 heavy (non-hydrogen) atoms. The number of nitriles is 3. The van der Waals surface area contributed by atoms with Crippen molar-refractivity contribution >= 4 is 29.2 Å². The summed E-state index contributed by atoms with van der Waals surface area (Å²) in [7, 11) is 0. The van der Waals surface area contributed by atoms with Gasteiger partial charge >= 0.3 is 6.18 Å². The molecule has 0 unspecified atom stereocenters. The van der Waals surface area contributed by atoms with Crippen molar-refractivity contribution in [3.05, 3.63) is 49.9 Å². The third kappa shape index (κ3) is 3.26. The molecule has 0 radical (unpaired) electrons. The van der Waals surface area contributed by atoms with Gasteiger partial charge in [0, 0.05) is 6.20 Å². The number of hydrogen-bond donors (Lipinski definition) is 0. The molecule has 0 saturated heterocycles. The highest BCUT2D eigenvalue weighted by atomic mass is 32.2. The van der Waals surface area contributed by atoms with Gasteiger partial charge in [0.25, 0.3) is 5.56 Å². The van der Waals surface area contributed by atoms with E-state index in [4.69, 9.17) is 10.5 Å². The molecule has 0 aromatic carbocycles. The van der Waals surface area contributed by atoms with Gasteiger partial charge in [0.05, 0.1) is 4.24 Å². The van der Waals surface area contributed by atoms with Crippen molar-refractivity contribution in [2.24, 2.45) is 0 Å². The number of aromatic nitrogens is 3. The van der Waals surface area contributed by atoms with Crippen molar-refractivity contribution in [1.29, 1.82) is 15.8 Å². The Bertz CT molecular complexity index is 1140. The molecule has 0 atom stereocenters. The normalized spacial score (nSPS) is 12.7. The minimum atomic E-state index is -4.86. The van der Waals surface area contributed by atoms with Gasteiger partial charge in [0.1, 0.15) is 39.5 Å². The Hall–Kier alpha value is -3.27. The Morgan fingerprint density at radius 3 is 2.07 bits per heavy atom. The molecule has 3 rings (SSSR count). The lowest BCUT2D eigenvalue weighted by atomic mass is 10.2. The van der Waals surface area contributed by atoms with Crippen LogP contribution in [-0.4, -0.2) is 14.5 Å². The summed E-state index contributed by atoms with van der Waals surface area (Å²) in [6.07, 6.45) is -3.81. The van der Waals surface area contributed by atoms with Crippen molar-refractivity contribution < 1.29 is 13.2 Å². The molecule has 0 fully saturated rings. The molecule has 7 nitrogen and oxygen atoms in total. The van der Waals surface area contributed by atoms with Gasteiger partial charge in [-0.25, -0.2) is 9.97 Å². The molecular weight excluding hydrogens is 401 g/mol. The zero-order chi connectivity index (χ0) is 19.8. The predicted molar refractivity (Wildman–Crippen MR) is 87.7 cm³/mol. The first kappa shape index (κ1) is 18.5. The molecule has 2 aromatic heterocycles. The van der Waals surface area contributed by atoms with Gasteiger partial charge in [-0.2, -0.15) is 29.0 Å². The van der Waals surface area contributed by atoms with Crippen LogP contribution in [0.2, 0.25) is 0 Å². The topological polar surface area (TPSA) is 119 Å². The number of nitrogens with zero attached hydrogens (tertiary/aromatic N) is 6. The van der Waals surface area contributed by atoms with Crippen molar-refractivity contribution in [1.82, 2.24) is 14.5 Å². The van der Waals surface area contributed by atoms with Gasteiger partial charge in [-0.05, 0) is 12.1 Å². The van der Waals surface area contributed by atoms with Gasteiger partial charge < -0.3 is 0 Å². The second-order valence-electron chi connectivity index (χ2n) is 4.80. The molecule has 12 heteroatoms. The van der Waals surface area contributed by atoms with Crippen LogP contribution in [0.25, 0.3) is 5.70 Å². The fourth-order valence-corrected chi connectivity index (χ4v) is 4.33. The van der Waals surface area contributed by atoms with Crippen LogP contribution in [-0.2, 0) is 6.18 Å². The Morgan fingerprint density at radius 1 is 1.07 bits per heavy atom. The van der Waals surface area contributed by atoms with Crippen molar-refractivity contribution in [2.75, 3.05) is 0 Å². The van der Waals surface area contributed by atoms with E-state index in [1.807, 2.05) is 0 Å². The summed E-state index contributed by atoms with van der Waals surface area (Å²) in [4.78, 5) is 20.1. The Labute approximate surface area is 157 Å². The van der Waals surface area contributed by atoms with Gasteiger partial charge in [-0.3, -0.25) is 9.36 Å². The molecular formula is C15H3F3N6OS2. The minimum Gasteiger partial charge on any atom is -0.273 e.